The number of benzene rings is 2. The zero-order chi connectivity index (χ0) is 31.2. The minimum Gasteiger partial charge on any atom is -0.378 e. The summed E-state index contributed by atoms with van der Waals surface area (Å²) in [4.78, 5) is 30.4. The Kier molecular flexibility index (Phi) is 7.58. The molecule has 0 spiro atoms. The maximum absolute atomic E-state index is 13.6. The highest BCUT2D eigenvalue weighted by Crippen LogP contribution is 2.33. The van der Waals surface area contributed by atoms with E-state index < -0.39 is 15.4 Å². The van der Waals surface area contributed by atoms with Gasteiger partial charge in [-0.05, 0) is 61.7 Å². The summed E-state index contributed by atoms with van der Waals surface area (Å²) in [5, 5.41) is 5.36. The van der Waals surface area contributed by atoms with Gasteiger partial charge in [-0.1, -0.05) is 30.3 Å². The molecule has 45 heavy (non-hydrogen) atoms. The summed E-state index contributed by atoms with van der Waals surface area (Å²) >= 11 is 0. The molecule has 234 valence electrons. The number of hydrogen-bond donors (Lipinski definition) is 2. The molecule has 2 aromatic heterocycles. The summed E-state index contributed by atoms with van der Waals surface area (Å²) in [5.74, 6) is 0.791. The molecule has 7 rings (SSSR count). The molecule has 5 heterocycles. The molecule has 0 bridgehead atoms. The van der Waals surface area contributed by atoms with Gasteiger partial charge < -0.3 is 24.8 Å². The van der Waals surface area contributed by atoms with Crippen LogP contribution < -0.4 is 15.1 Å². The van der Waals surface area contributed by atoms with Crippen molar-refractivity contribution in [3.05, 3.63) is 78.0 Å². The number of amides is 1. The molecule has 2 aromatic carbocycles. The van der Waals surface area contributed by atoms with Crippen LogP contribution >= 0.6 is 0 Å². The third kappa shape index (κ3) is 5.69. The Labute approximate surface area is 263 Å². The number of nitrogens with zero attached hydrogens (tertiary/aromatic N) is 5. The third-order valence-corrected chi connectivity index (χ3v) is 10.8. The number of carbonyl (C=O) groups excluding carboxylic acids is 1. The van der Waals surface area contributed by atoms with Crippen molar-refractivity contribution in [2.75, 3.05) is 61.1 Å². The zero-order valence-electron chi connectivity index (χ0n) is 25.4. The van der Waals surface area contributed by atoms with Crippen LogP contribution in [0.4, 0.5) is 17.2 Å². The molecule has 4 aromatic rings. The van der Waals surface area contributed by atoms with Crippen LogP contribution in [0.2, 0.25) is 0 Å². The fourth-order valence-corrected chi connectivity index (χ4v) is 7.74. The average molecular weight is 628 g/mol. The van der Waals surface area contributed by atoms with E-state index in [2.05, 4.69) is 36.1 Å². The molecule has 2 saturated heterocycles. The molecule has 2 fully saturated rings. The molecule has 0 saturated carbocycles. The standard InChI is InChI=1S/C33H37N7O4S/c1-33(2,24-5-3-6-26(19-24)39-13-11-27(21-39)40-12-4-18-45(40,42)43)32(41)36-25-9-7-23(8-10-25)29-20-28-30(37-29)34-22-35-31(28)38-14-16-44-17-15-38/h3-10,18-20,22,27H,11-17,21H2,1-2H3,(H,36,41)(H,34,35,37). The van der Waals surface area contributed by atoms with Gasteiger partial charge in [0.25, 0.3) is 0 Å². The molecule has 12 heteroatoms. The molecule has 2 N–H and O–H groups in total. The first-order valence-corrected chi connectivity index (χ1v) is 16.8. The van der Waals surface area contributed by atoms with Crippen molar-refractivity contribution in [3.8, 4) is 11.3 Å². The molecule has 3 aliphatic rings. The molecular formula is C33H37N7O4S. The molecule has 3 aliphatic heterocycles. The lowest BCUT2D eigenvalue weighted by Crippen LogP contribution is -2.38. The van der Waals surface area contributed by atoms with Crippen molar-refractivity contribution in [2.24, 2.45) is 0 Å². The number of carbonyl (C=O) groups is 1. The van der Waals surface area contributed by atoms with Gasteiger partial charge in [-0.15, -0.1) is 0 Å². The van der Waals surface area contributed by atoms with Gasteiger partial charge in [0.1, 0.15) is 17.8 Å². The second-order valence-electron chi connectivity index (χ2n) is 12.3. The first-order chi connectivity index (χ1) is 21.7. The van der Waals surface area contributed by atoms with Gasteiger partial charge in [-0.2, -0.15) is 4.31 Å². The molecular weight excluding hydrogens is 590 g/mol. The number of H-pyrrole nitrogens is 1. The smallest absolute Gasteiger partial charge is 0.236 e. The van der Waals surface area contributed by atoms with Crippen LogP contribution in [-0.2, 0) is 25.0 Å². The Morgan fingerprint density at radius 2 is 1.82 bits per heavy atom. The Hall–Kier alpha value is -4.26. The molecule has 1 atom stereocenters. The van der Waals surface area contributed by atoms with E-state index in [-0.39, 0.29) is 11.9 Å². The van der Waals surface area contributed by atoms with Crippen molar-refractivity contribution < 1.29 is 17.9 Å². The van der Waals surface area contributed by atoms with Crippen molar-refractivity contribution >= 4 is 44.2 Å². The molecule has 11 nitrogen and oxygen atoms in total. The summed E-state index contributed by atoms with van der Waals surface area (Å²) in [5.41, 5.74) is 4.48. The summed E-state index contributed by atoms with van der Waals surface area (Å²) in [6.45, 7) is 8.61. The molecule has 1 unspecified atom stereocenters. The highest BCUT2D eigenvalue weighted by atomic mass is 32.2. The minimum absolute atomic E-state index is 0.0583. The Bertz CT molecular complexity index is 1860. The van der Waals surface area contributed by atoms with Crippen LogP contribution in [0, 0.1) is 0 Å². The topological polar surface area (TPSA) is 124 Å². The maximum atomic E-state index is 13.6. The monoisotopic (exact) mass is 627 g/mol. The number of sulfonamides is 1. The number of rotatable bonds is 7. The lowest BCUT2D eigenvalue weighted by atomic mass is 9.83. The predicted octanol–water partition coefficient (Wildman–Crippen LogP) is 4.12. The van der Waals surface area contributed by atoms with E-state index in [1.165, 1.54) is 5.41 Å². The van der Waals surface area contributed by atoms with Crippen LogP contribution in [-0.4, -0.2) is 85.6 Å². The van der Waals surface area contributed by atoms with Crippen molar-refractivity contribution in [3.63, 3.8) is 0 Å². The largest absolute Gasteiger partial charge is 0.378 e. The highest BCUT2D eigenvalue weighted by Gasteiger charge is 2.36. The van der Waals surface area contributed by atoms with Gasteiger partial charge in [-0.3, -0.25) is 4.79 Å². The lowest BCUT2D eigenvalue weighted by molar-refractivity contribution is -0.120. The number of ether oxygens (including phenoxy) is 1. The number of hydrogen-bond acceptors (Lipinski definition) is 8. The van der Waals surface area contributed by atoms with Gasteiger partial charge in [0, 0.05) is 61.2 Å². The van der Waals surface area contributed by atoms with Gasteiger partial charge in [-0.25, -0.2) is 18.4 Å². The summed E-state index contributed by atoms with van der Waals surface area (Å²) < 4.78 is 31.8. The van der Waals surface area contributed by atoms with Crippen LogP contribution in [0.25, 0.3) is 22.3 Å². The van der Waals surface area contributed by atoms with E-state index in [1.54, 1.807) is 16.7 Å². The normalized spacial score (nSPS) is 20.3. The van der Waals surface area contributed by atoms with Crippen LogP contribution in [0.1, 0.15) is 25.8 Å². The summed E-state index contributed by atoms with van der Waals surface area (Å²) in [7, 11) is -3.32. The first kappa shape index (κ1) is 29.5. The molecule has 0 aliphatic carbocycles. The second-order valence-corrected chi connectivity index (χ2v) is 14.1. The SMILES string of the molecule is CC(C)(C(=O)Nc1ccc(-c2cc3c(N4CCOCC4)ncnc3[nH]2)cc1)c1cccc(N2CCC(N3CC=CS3(=O)=O)C2)c1. The van der Waals surface area contributed by atoms with E-state index in [4.69, 9.17) is 4.74 Å². The summed E-state index contributed by atoms with van der Waals surface area (Å²) in [6, 6.07) is 17.8. The Balaban J connectivity index is 1.03. The quantitative estimate of drug-likeness (QED) is 0.314. The third-order valence-electron chi connectivity index (χ3n) is 9.12. The van der Waals surface area contributed by atoms with Crippen molar-refractivity contribution in [1.29, 1.82) is 0 Å². The lowest BCUT2D eigenvalue weighted by Gasteiger charge is -2.27. The van der Waals surface area contributed by atoms with Crippen LogP contribution in [0.5, 0.6) is 0 Å². The van der Waals surface area contributed by atoms with E-state index in [0.29, 0.717) is 32.0 Å². The minimum atomic E-state index is -3.32. The van der Waals surface area contributed by atoms with E-state index in [0.717, 1.165) is 65.4 Å². The fourth-order valence-electron chi connectivity index (χ4n) is 6.37. The number of nitrogens with one attached hydrogen (secondary N) is 2. The second kappa shape index (κ2) is 11.6. The fraction of sp³-hybridized carbons (Fsp3) is 0.364. The van der Waals surface area contributed by atoms with Gasteiger partial charge >= 0.3 is 0 Å². The zero-order valence-corrected chi connectivity index (χ0v) is 26.3. The van der Waals surface area contributed by atoms with Crippen molar-refractivity contribution in [1.82, 2.24) is 19.3 Å². The Morgan fingerprint density at radius 1 is 1.02 bits per heavy atom. The van der Waals surface area contributed by atoms with E-state index in [9.17, 15) is 13.2 Å². The first-order valence-electron chi connectivity index (χ1n) is 15.3. The number of fused-ring (bicyclic) bond motifs is 1. The maximum Gasteiger partial charge on any atom is 0.236 e. The van der Waals surface area contributed by atoms with E-state index in [1.807, 2.05) is 62.4 Å². The van der Waals surface area contributed by atoms with Crippen molar-refractivity contribution in [2.45, 2.75) is 31.7 Å². The molecule has 0 radical (unpaired) electrons. The summed E-state index contributed by atoms with van der Waals surface area (Å²) in [6.07, 6.45) is 4.06. The average Bonchev–Trinajstić information content (AvgIpc) is 3.80. The number of aromatic amines is 1. The predicted molar refractivity (Wildman–Crippen MR) is 176 cm³/mol. The highest BCUT2D eigenvalue weighted by molar-refractivity contribution is 7.92. The van der Waals surface area contributed by atoms with Gasteiger partial charge in [0.2, 0.25) is 15.9 Å². The van der Waals surface area contributed by atoms with E-state index >= 15 is 0 Å². The van der Waals surface area contributed by atoms with Crippen LogP contribution in [0.3, 0.4) is 0 Å². The van der Waals surface area contributed by atoms with Gasteiger partial charge in [0.05, 0.1) is 24.0 Å². The number of aromatic nitrogens is 3. The Morgan fingerprint density at radius 3 is 2.58 bits per heavy atom. The molecule has 1 amide bonds. The van der Waals surface area contributed by atoms with Crippen LogP contribution in [0.15, 0.2) is 72.4 Å². The number of anilines is 3. The van der Waals surface area contributed by atoms with Gasteiger partial charge in [0.15, 0.2) is 0 Å². The number of morpholine rings is 1.